The molecule has 0 saturated carbocycles. The largest absolute Gasteiger partial charge is 0.355 e. The first kappa shape index (κ1) is 17.7. The van der Waals surface area contributed by atoms with Crippen LogP contribution in [-0.2, 0) is 17.8 Å². The Balaban J connectivity index is 2.55. The summed E-state index contributed by atoms with van der Waals surface area (Å²) in [4.78, 5) is 11.9. The smallest absolute Gasteiger partial charge is 0.220 e. The number of nitrogens with one attached hydrogen (secondary N) is 2. The molecule has 0 aliphatic carbocycles. The quantitative estimate of drug-likeness (QED) is 0.769. The predicted molar refractivity (Wildman–Crippen MR) is 86.4 cm³/mol. The number of nitrogens with zero attached hydrogens (tertiary/aromatic N) is 2. The van der Waals surface area contributed by atoms with Gasteiger partial charge < -0.3 is 10.6 Å². The van der Waals surface area contributed by atoms with Gasteiger partial charge in [0, 0.05) is 31.2 Å². The SMILES string of the molecule is CNC(C)CNC(=O)CCc1c(C)nn(CC(C)C)c1C. The minimum absolute atomic E-state index is 0.104. The molecular formula is C16H30N4O. The van der Waals surface area contributed by atoms with Crippen molar-refractivity contribution < 1.29 is 4.79 Å². The molecule has 0 aliphatic heterocycles. The van der Waals surface area contributed by atoms with E-state index in [1.165, 1.54) is 11.3 Å². The van der Waals surface area contributed by atoms with Crippen molar-refractivity contribution in [2.45, 2.75) is 60.0 Å². The number of aryl methyl sites for hydroxylation is 1. The second-order valence-corrected chi connectivity index (χ2v) is 6.22. The zero-order valence-electron chi connectivity index (χ0n) is 14.3. The normalized spacial score (nSPS) is 12.7. The minimum atomic E-state index is 0.104. The van der Waals surface area contributed by atoms with E-state index >= 15 is 0 Å². The van der Waals surface area contributed by atoms with Crippen LogP contribution in [0.5, 0.6) is 0 Å². The first-order chi connectivity index (χ1) is 9.85. The number of aromatic nitrogens is 2. The van der Waals surface area contributed by atoms with Crippen LogP contribution in [0, 0.1) is 19.8 Å². The third-order valence-corrected chi connectivity index (χ3v) is 3.77. The van der Waals surface area contributed by atoms with Gasteiger partial charge in [-0.3, -0.25) is 9.48 Å². The molecule has 1 unspecified atom stereocenters. The lowest BCUT2D eigenvalue weighted by atomic mass is 10.1. The van der Waals surface area contributed by atoms with Crippen molar-refractivity contribution in [2.75, 3.05) is 13.6 Å². The Morgan fingerprint density at radius 2 is 1.95 bits per heavy atom. The Labute approximate surface area is 128 Å². The molecule has 1 amide bonds. The molecule has 5 nitrogen and oxygen atoms in total. The van der Waals surface area contributed by atoms with E-state index in [0.29, 0.717) is 24.9 Å². The minimum Gasteiger partial charge on any atom is -0.355 e. The molecule has 1 aromatic heterocycles. The zero-order valence-corrected chi connectivity index (χ0v) is 14.3. The third-order valence-electron chi connectivity index (χ3n) is 3.77. The number of rotatable bonds is 8. The van der Waals surface area contributed by atoms with Crippen molar-refractivity contribution in [3.05, 3.63) is 17.0 Å². The Morgan fingerprint density at radius 1 is 1.29 bits per heavy atom. The number of amides is 1. The summed E-state index contributed by atoms with van der Waals surface area (Å²) in [5.41, 5.74) is 3.45. The summed E-state index contributed by atoms with van der Waals surface area (Å²) in [6.45, 7) is 12.1. The van der Waals surface area contributed by atoms with Gasteiger partial charge in [-0.25, -0.2) is 0 Å². The molecule has 21 heavy (non-hydrogen) atoms. The van der Waals surface area contributed by atoms with Crippen molar-refractivity contribution in [1.29, 1.82) is 0 Å². The van der Waals surface area contributed by atoms with E-state index < -0.39 is 0 Å². The summed E-state index contributed by atoms with van der Waals surface area (Å²) in [7, 11) is 1.90. The van der Waals surface area contributed by atoms with E-state index in [2.05, 4.69) is 41.2 Å². The monoisotopic (exact) mass is 294 g/mol. The molecule has 0 radical (unpaired) electrons. The topological polar surface area (TPSA) is 58.9 Å². The Kier molecular flexibility index (Phi) is 6.89. The fourth-order valence-corrected chi connectivity index (χ4v) is 2.32. The summed E-state index contributed by atoms with van der Waals surface area (Å²) in [6, 6.07) is 0.297. The highest BCUT2D eigenvalue weighted by atomic mass is 16.1. The Hall–Kier alpha value is -1.36. The van der Waals surface area contributed by atoms with Crippen molar-refractivity contribution in [3.8, 4) is 0 Å². The first-order valence-corrected chi connectivity index (χ1v) is 7.82. The van der Waals surface area contributed by atoms with Crippen LogP contribution in [0.3, 0.4) is 0 Å². The maximum absolute atomic E-state index is 11.9. The van der Waals surface area contributed by atoms with E-state index in [1.807, 2.05) is 20.9 Å². The molecule has 0 aliphatic rings. The average molecular weight is 294 g/mol. The van der Waals surface area contributed by atoms with Gasteiger partial charge in [0.05, 0.1) is 5.69 Å². The van der Waals surface area contributed by atoms with Crippen molar-refractivity contribution in [1.82, 2.24) is 20.4 Å². The highest BCUT2D eigenvalue weighted by molar-refractivity contribution is 5.76. The fraction of sp³-hybridized carbons (Fsp3) is 0.750. The maximum atomic E-state index is 11.9. The van der Waals surface area contributed by atoms with Crippen molar-refractivity contribution in [3.63, 3.8) is 0 Å². The lowest BCUT2D eigenvalue weighted by Gasteiger charge is -2.11. The molecule has 1 aromatic rings. The molecule has 120 valence electrons. The molecule has 0 bridgehead atoms. The Bertz CT molecular complexity index is 465. The van der Waals surface area contributed by atoms with Crippen LogP contribution < -0.4 is 10.6 Å². The zero-order chi connectivity index (χ0) is 16.0. The van der Waals surface area contributed by atoms with Crippen LogP contribution in [0.25, 0.3) is 0 Å². The summed E-state index contributed by atoms with van der Waals surface area (Å²) in [5.74, 6) is 0.676. The third kappa shape index (κ3) is 5.50. The van der Waals surface area contributed by atoms with Gasteiger partial charge in [0.2, 0.25) is 5.91 Å². The van der Waals surface area contributed by atoms with Gasteiger partial charge in [0.15, 0.2) is 0 Å². The van der Waals surface area contributed by atoms with E-state index in [4.69, 9.17) is 0 Å². The van der Waals surface area contributed by atoms with E-state index in [9.17, 15) is 4.79 Å². The van der Waals surface area contributed by atoms with Crippen LogP contribution in [0.4, 0.5) is 0 Å². The lowest BCUT2D eigenvalue weighted by molar-refractivity contribution is -0.121. The molecule has 1 heterocycles. The molecule has 0 spiro atoms. The van der Waals surface area contributed by atoms with Crippen LogP contribution in [0.2, 0.25) is 0 Å². The number of carbonyl (C=O) groups is 1. The van der Waals surface area contributed by atoms with Crippen LogP contribution in [-0.4, -0.2) is 35.3 Å². The summed E-state index contributed by atoms with van der Waals surface area (Å²) < 4.78 is 2.07. The standard InChI is InChI=1S/C16H30N4O/c1-11(2)10-20-14(5)15(13(4)19-20)7-8-16(21)18-9-12(3)17-6/h11-12,17H,7-10H2,1-6H3,(H,18,21). The van der Waals surface area contributed by atoms with Gasteiger partial charge in [0.1, 0.15) is 0 Å². The van der Waals surface area contributed by atoms with Gasteiger partial charge in [-0.1, -0.05) is 13.8 Å². The number of carbonyl (C=O) groups excluding carboxylic acids is 1. The van der Waals surface area contributed by atoms with Gasteiger partial charge in [-0.2, -0.15) is 5.10 Å². The second-order valence-electron chi connectivity index (χ2n) is 6.22. The van der Waals surface area contributed by atoms with Gasteiger partial charge in [-0.15, -0.1) is 0 Å². The predicted octanol–water partition coefficient (Wildman–Crippen LogP) is 1.81. The van der Waals surface area contributed by atoms with E-state index in [0.717, 1.165) is 18.7 Å². The van der Waals surface area contributed by atoms with Crippen LogP contribution >= 0.6 is 0 Å². The molecule has 0 saturated heterocycles. The van der Waals surface area contributed by atoms with E-state index in [1.54, 1.807) is 0 Å². The van der Waals surface area contributed by atoms with Gasteiger partial charge in [-0.05, 0) is 45.7 Å². The fourth-order valence-electron chi connectivity index (χ4n) is 2.32. The number of likely N-dealkylation sites (N-methyl/N-ethyl adjacent to an activating group) is 1. The van der Waals surface area contributed by atoms with Crippen molar-refractivity contribution >= 4 is 5.91 Å². The lowest BCUT2D eigenvalue weighted by Crippen LogP contribution is -2.37. The van der Waals surface area contributed by atoms with E-state index in [-0.39, 0.29) is 5.91 Å². The molecule has 5 heteroatoms. The maximum Gasteiger partial charge on any atom is 0.220 e. The molecular weight excluding hydrogens is 264 g/mol. The molecule has 0 fully saturated rings. The first-order valence-electron chi connectivity index (χ1n) is 7.82. The van der Waals surface area contributed by atoms with Crippen molar-refractivity contribution in [2.24, 2.45) is 5.92 Å². The van der Waals surface area contributed by atoms with Gasteiger partial charge in [0.25, 0.3) is 0 Å². The highest BCUT2D eigenvalue weighted by Gasteiger charge is 2.13. The number of hydrogen-bond donors (Lipinski definition) is 2. The molecule has 0 aromatic carbocycles. The van der Waals surface area contributed by atoms with Gasteiger partial charge >= 0.3 is 0 Å². The molecule has 1 atom stereocenters. The Morgan fingerprint density at radius 3 is 2.52 bits per heavy atom. The summed E-state index contributed by atoms with van der Waals surface area (Å²) in [6.07, 6.45) is 1.28. The summed E-state index contributed by atoms with van der Waals surface area (Å²) in [5, 5.41) is 10.6. The average Bonchev–Trinajstić information content (AvgIpc) is 2.68. The number of hydrogen-bond acceptors (Lipinski definition) is 3. The highest BCUT2D eigenvalue weighted by Crippen LogP contribution is 2.16. The summed E-state index contributed by atoms with van der Waals surface area (Å²) >= 11 is 0. The van der Waals surface area contributed by atoms with Crippen LogP contribution in [0.1, 0.15) is 44.1 Å². The molecule has 1 rings (SSSR count). The van der Waals surface area contributed by atoms with Crippen LogP contribution in [0.15, 0.2) is 0 Å². The second kappa shape index (κ2) is 8.17. The molecule has 2 N–H and O–H groups in total.